The molecule has 3 heteroatoms. The second kappa shape index (κ2) is 6.02. The van der Waals surface area contributed by atoms with E-state index in [0.29, 0.717) is 5.92 Å². The molecule has 19 heavy (non-hydrogen) atoms. The van der Waals surface area contributed by atoms with Crippen molar-refractivity contribution in [1.29, 1.82) is 0 Å². The SMILES string of the molecule is CNCC(Oc1cccc2ccc(C)nc12)C(C)C. The number of hydrogen-bond donors (Lipinski definition) is 1. The molecule has 0 amide bonds. The largest absolute Gasteiger partial charge is 0.487 e. The molecule has 3 nitrogen and oxygen atoms in total. The molecule has 1 unspecified atom stereocenters. The molecule has 2 aromatic rings. The summed E-state index contributed by atoms with van der Waals surface area (Å²) in [5, 5.41) is 4.30. The highest BCUT2D eigenvalue weighted by Gasteiger charge is 2.16. The number of pyridine rings is 1. The number of fused-ring (bicyclic) bond motifs is 1. The molecule has 1 N–H and O–H groups in total. The van der Waals surface area contributed by atoms with E-state index in [9.17, 15) is 0 Å². The number of likely N-dealkylation sites (N-methyl/N-ethyl adjacent to an activating group) is 1. The van der Waals surface area contributed by atoms with Gasteiger partial charge in [-0.2, -0.15) is 0 Å². The van der Waals surface area contributed by atoms with Crippen LogP contribution < -0.4 is 10.1 Å². The van der Waals surface area contributed by atoms with Crippen molar-refractivity contribution in [1.82, 2.24) is 10.3 Å². The molecule has 102 valence electrons. The first-order valence-corrected chi connectivity index (χ1v) is 6.79. The fourth-order valence-corrected chi connectivity index (χ4v) is 2.09. The van der Waals surface area contributed by atoms with Crippen LogP contribution >= 0.6 is 0 Å². The van der Waals surface area contributed by atoms with Crippen molar-refractivity contribution in [2.45, 2.75) is 26.9 Å². The lowest BCUT2D eigenvalue weighted by atomic mass is 10.1. The summed E-state index contributed by atoms with van der Waals surface area (Å²) in [5.74, 6) is 1.32. The van der Waals surface area contributed by atoms with Crippen LogP contribution in [-0.4, -0.2) is 24.7 Å². The van der Waals surface area contributed by atoms with E-state index in [0.717, 1.165) is 28.9 Å². The van der Waals surface area contributed by atoms with Crippen molar-refractivity contribution in [3.8, 4) is 5.75 Å². The quantitative estimate of drug-likeness (QED) is 0.894. The topological polar surface area (TPSA) is 34.1 Å². The Morgan fingerprint density at radius 3 is 2.68 bits per heavy atom. The number of aromatic nitrogens is 1. The summed E-state index contributed by atoms with van der Waals surface area (Å²) in [6.07, 6.45) is 0.151. The third-order valence-corrected chi connectivity index (χ3v) is 3.25. The Kier molecular flexibility index (Phi) is 4.38. The van der Waals surface area contributed by atoms with Crippen LogP contribution in [0.1, 0.15) is 19.5 Å². The minimum absolute atomic E-state index is 0.151. The van der Waals surface area contributed by atoms with E-state index in [2.05, 4.69) is 36.3 Å². The van der Waals surface area contributed by atoms with Crippen LogP contribution in [0.4, 0.5) is 0 Å². The van der Waals surface area contributed by atoms with Gasteiger partial charge in [0.25, 0.3) is 0 Å². The number of hydrogen-bond acceptors (Lipinski definition) is 3. The molecule has 2 rings (SSSR count). The minimum Gasteiger partial charge on any atom is -0.487 e. The maximum absolute atomic E-state index is 6.16. The Morgan fingerprint density at radius 2 is 2.00 bits per heavy atom. The standard InChI is InChI=1S/C16H22N2O/c1-11(2)15(10-17-4)19-14-7-5-6-13-9-8-12(3)18-16(13)14/h5-9,11,15,17H,10H2,1-4H3. The number of nitrogens with zero attached hydrogens (tertiary/aromatic N) is 1. The van der Waals surface area contributed by atoms with Crippen molar-refractivity contribution in [2.24, 2.45) is 5.92 Å². The second-order valence-electron chi connectivity index (χ2n) is 5.24. The predicted octanol–water partition coefficient (Wildman–Crippen LogP) is 3.17. The summed E-state index contributed by atoms with van der Waals surface area (Å²) in [6.45, 7) is 7.18. The monoisotopic (exact) mass is 258 g/mol. The van der Waals surface area contributed by atoms with Gasteiger partial charge in [-0.15, -0.1) is 0 Å². The first kappa shape index (κ1) is 13.8. The number of rotatable bonds is 5. The zero-order valence-corrected chi connectivity index (χ0v) is 12.1. The molecule has 0 saturated carbocycles. The lowest BCUT2D eigenvalue weighted by Crippen LogP contribution is -2.33. The molecule has 0 aliphatic heterocycles. The molecule has 1 aromatic carbocycles. The molecule has 0 saturated heterocycles. The lowest BCUT2D eigenvalue weighted by Gasteiger charge is -2.23. The molecule has 1 atom stereocenters. The zero-order chi connectivity index (χ0) is 13.8. The normalized spacial score (nSPS) is 12.9. The summed E-state index contributed by atoms with van der Waals surface area (Å²) < 4.78 is 6.16. The number of ether oxygens (including phenoxy) is 1. The van der Waals surface area contributed by atoms with E-state index in [1.54, 1.807) is 0 Å². The molecular formula is C16H22N2O. The number of benzene rings is 1. The first-order valence-electron chi connectivity index (χ1n) is 6.79. The molecular weight excluding hydrogens is 236 g/mol. The van der Waals surface area contributed by atoms with Crippen LogP contribution in [0, 0.1) is 12.8 Å². The van der Waals surface area contributed by atoms with Gasteiger partial charge in [0.15, 0.2) is 0 Å². The molecule has 0 radical (unpaired) electrons. The smallest absolute Gasteiger partial charge is 0.146 e. The molecule has 0 bridgehead atoms. The van der Waals surface area contributed by atoms with Crippen LogP contribution in [0.5, 0.6) is 5.75 Å². The van der Waals surface area contributed by atoms with E-state index in [1.165, 1.54) is 0 Å². The highest BCUT2D eigenvalue weighted by molar-refractivity contribution is 5.84. The van der Waals surface area contributed by atoms with Crippen LogP contribution in [0.25, 0.3) is 10.9 Å². The van der Waals surface area contributed by atoms with Crippen LogP contribution in [0.3, 0.4) is 0 Å². The molecule has 0 fully saturated rings. The maximum atomic E-state index is 6.16. The third kappa shape index (κ3) is 3.24. The van der Waals surface area contributed by atoms with Gasteiger partial charge >= 0.3 is 0 Å². The van der Waals surface area contributed by atoms with Crippen LogP contribution in [0.15, 0.2) is 30.3 Å². The van der Waals surface area contributed by atoms with E-state index in [-0.39, 0.29) is 6.10 Å². The van der Waals surface area contributed by atoms with Crippen molar-refractivity contribution >= 4 is 10.9 Å². The Hall–Kier alpha value is -1.61. The van der Waals surface area contributed by atoms with Gasteiger partial charge in [-0.05, 0) is 32.0 Å². The van der Waals surface area contributed by atoms with E-state index >= 15 is 0 Å². The molecule has 1 heterocycles. The summed E-state index contributed by atoms with van der Waals surface area (Å²) >= 11 is 0. The fourth-order valence-electron chi connectivity index (χ4n) is 2.09. The Morgan fingerprint density at radius 1 is 1.21 bits per heavy atom. The Labute approximate surface area is 115 Å². The van der Waals surface area contributed by atoms with Crippen molar-refractivity contribution in [2.75, 3.05) is 13.6 Å². The summed E-state index contributed by atoms with van der Waals surface area (Å²) in [6, 6.07) is 10.2. The van der Waals surface area contributed by atoms with Gasteiger partial charge in [-0.3, -0.25) is 0 Å². The Balaban J connectivity index is 2.36. The second-order valence-corrected chi connectivity index (χ2v) is 5.24. The Bertz CT molecular complexity index is 551. The molecule has 0 aliphatic carbocycles. The minimum atomic E-state index is 0.151. The summed E-state index contributed by atoms with van der Waals surface area (Å²) in [4.78, 5) is 4.60. The van der Waals surface area contributed by atoms with Gasteiger partial charge in [-0.25, -0.2) is 4.98 Å². The third-order valence-electron chi connectivity index (χ3n) is 3.25. The van der Waals surface area contributed by atoms with Gasteiger partial charge in [-0.1, -0.05) is 32.0 Å². The van der Waals surface area contributed by atoms with Crippen molar-refractivity contribution in [3.63, 3.8) is 0 Å². The van der Waals surface area contributed by atoms with Crippen LogP contribution in [0.2, 0.25) is 0 Å². The van der Waals surface area contributed by atoms with Gasteiger partial charge < -0.3 is 10.1 Å². The van der Waals surface area contributed by atoms with Crippen LogP contribution in [-0.2, 0) is 0 Å². The lowest BCUT2D eigenvalue weighted by molar-refractivity contribution is 0.153. The highest BCUT2D eigenvalue weighted by atomic mass is 16.5. The number of aryl methyl sites for hydroxylation is 1. The summed E-state index contributed by atoms with van der Waals surface area (Å²) in [5.41, 5.74) is 1.96. The summed E-state index contributed by atoms with van der Waals surface area (Å²) in [7, 11) is 1.95. The number of nitrogens with one attached hydrogen (secondary N) is 1. The van der Waals surface area contributed by atoms with Gasteiger partial charge in [0.2, 0.25) is 0 Å². The predicted molar refractivity (Wildman–Crippen MR) is 79.7 cm³/mol. The molecule has 1 aromatic heterocycles. The highest BCUT2D eigenvalue weighted by Crippen LogP contribution is 2.26. The van der Waals surface area contributed by atoms with E-state index in [4.69, 9.17) is 4.74 Å². The van der Waals surface area contributed by atoms with Gasteiger partial charge in [0.05, 0.1) is 0 Å². The van der Waals surface area contributed by atoms with E-state index in [1.807, 2.05) is 32.2 Å². The first-order chi connectivity index (χ1) is 9.11. The maximum Gasteiger partial charge on any atom is 0.146 e. The van der Waals surface area contributed by atoms with E-state index < -0.39 is 0 Å². The molecule has 0 aliphatic rings. The number of para-hydroxylation sites is 1. The average Bonchev–Trinajstić information content (AvgIpc) is 2.38. The zero-order valence-electron chi connectivity index (χ0n) is 12.1. The molecule has 0 spiro atoms. The van der Waals surface area contributed by atoms with Gasteiger partial charge in [0, 0.05) is 17.6 Å². The van der Waals surface area contributed by atoms with Crippen molar-refractivity contribution < 1.29 is 4.74 Å². The van der Waals surface area contributed by atoms with Gasteiger partial charge in [0.1, 0.15) is 17.4 Å². The van der Waals surface area contributed by atoms with Crippen molar-refractivity contribution in [3.05, 3.63) is 36.0 Å². The average molecular weight is 258 g/mol. The fraction of sp³-hybridized carbons (Fsp3) is 0.438.